The second-order valence-corrected chi connectivity index (χ2v) is 7.51. The second-order valence-electron chi connectivity index (χ2n) is 7.51. The number of hydrogen-bond acceptors (Lipinski definition) is 4. The minimum Gasteiger partial charge on any atom is -0.494 e. The third-order valence-electron chi connectivity index (χ3n) is 5.08. The zero-order valence-corrected chi connectivity index (χ0v) is 17.5. The SMILES string of the molecule is CCOc1cc2c(cc1CNC(=O)c1cn(C)nc1-c1ccc(F)cc1F)OC(C)C2. The first-order valence-corrected chi connectivity index (χ1v) is 10.1. The van der Waals surface area contributed by atoms with E-state index >= 15 is 0 Å². The molecule has 1 aliphatic rings. The lowest BCUT2D eigenvalue weighted by atomic mass is 10.1. The van der Waals surface area contributed by atoms with Gasteiger partial charge in [0.2, 0.25) is 0 Å². The van der Waals surface area contributed by atoms with Crippen molar-refractivity contribution in [2.75, 3.05) is 6.61 Å². The number of ether oxygens (including phenoxy) is 2. The van der Waals surface area contributed by atoms with Crippen molar-refractivity contribution in [2.45, 2.75) is 32.9 Å². The van der Waals surface area contributed by atoms with Crippen LogP contribution in [0.15, 0.2) is 36.5 Å². The van der Waals surface area contributed by atoms with Gasteiger partial charge in [-0.3, -0.25) is 9.48 Å². The molecule has 8 heteroatoms. The minimum absolute atomic E-state index is 0.0575. The fraction of sp³-hybridized carbons (Fsp3) is 0.304. The molecule has 2 heterocycles. The molecule has 0 saturated carbocycles. The van der Waals surface area contributed by atoms with Crippen LogP contribution < -0.4 is 14.8 Å². The third kappa shape index (κ3) is 4.23. The number of carbonyl (C=O) groups is 1. The summed E-state index contributed by atoms with van der Waals surface area (Å²) >= 11 is 0. The van der Waals surface area contributed by atoms with Gasteiger partial charge in [-0.05, 0) is 38.1 Å². The highest BCUT2D eigenvalue weighted by atomic mass is 19.1. The number of carbonyl (C=O) groups excluding carboxylic acids is 1. The van der Waals surface area contributed by atoms with Gasteiger partial charge in [-0.1, -0.05) is 0 Å². The van der Waals surface area contributed by atoms with E-state index in [1.807, 2.05) is 26.0 Å². The molecule has 6 nitrogen and oxygen atoms in total. The summed E-state index contributed by atoms with van der Waals surface area (Å²) in [6, 6.07) is 7.01. The molecule has 1 amide bonds. The van der Waals surface area contributed by atoms with E-state index in [1.54, 1.807) is 7.05 Å². The first kappa shape index (κ1) is 20.8. The normalized spacial score (nSPS) is 14.8. The van der Waals surface area contributed by atoms with Crippen LogP contribution >= 0.6 is 0 Å². The lowest BCUT2D eigenvalue weighted by Gasteiger charge is -2.13. The Morgan fingerprint density at radius 2 is 2.13 bits per heavy atom. The van der Waals surface area contributed by atoms with Crippen molar-refractivity contribution in [1.82, 2.24) is 15.1 Å². The zero-order valence-electron chi connectivity index (χ0n) is 17.5. The molecule has 0 radical (unpaired) electrons. The topological polar surface area (TPSA) is 65.4 Å². The van der Waals surface area contributed by atoms with Crippen LogP contribution in [0, 0.1) is 11.6 Å². The summed E-state index contributed by atoms with van der Waals surface area (Å²) in [5.41, 5.74) is 2.25. The summed E-state index contributed by atoms with van der Waals surface area (Å²) in [5.74, 6) is -0.425. The standard InChI is InChI=1S/C23H23F2N3O3/c1-4-30-20-8-14-7-13(2)31-21(14)9-15(20)11-26-23(29)18-12-28(3)27-22(18)17-6-5-16(24)10-19(17)25/h5-6,8-10,12-13H,4,7,11H2,1-3H3,(H,26,29). The van der Waals surface area contributed by atoms with Crippen LogP contribution in [0.5, 0.6) is 11.5 Å². The van der Waals surface area contributed by atoms with Crippen molar-refractivity contribution in [3.8, 4) is 22.8 Å². The monoisotopic (exact) mass is 427 g/mol. The number of fused-ring (bicyclic) bond motifs is 1. The number of hydrogen-bond donors (Lipinski definition) is 1. The van der Waals surface area contributed by atoms with Crippen molar-refractivity contribution in [3.63, 3.8) is 0 Å². The predicted molar refractivity (Wildman–Crippen MR) is 111 cm³/mol. The Kier molecular flexibility index (Phi) is 5.63. The molecule has 1 aromatic heterocycles. The van der Waals surface area contributed by atoms with E-state index in [0.717, 1.165) is 35.4 Å². The van der Waals surface area contributed by atoms with Crippen LogP contribution in [0.3, 0.4) is 0 Å². The van der Waals surface area contributed by atoms with Crippen LogP contribution in [-0.4, -0.2) is 28.4 Å². The Bertz CT molecular complexity index is 1140. The predicted octanol–water partition coefficient (Wildman–Crippen LogP) is 4.02. The fourth-order valence-corrected chi connectivity index (χ4v) is 3.72. The van der Waals surface area contributed by atoms with Crippen LogP contribution in [0.4, 0.5) is 8.78 Å². The largest absolute Gasteiger partial charge is 0.494 e. The molecule has 3 aromatic rings. The molecule has 0 fully saturated rings. The van der Waals surface area contributed by atoms with Crippen LogP contribution in [0.2, 0.25) is 0 Å². The molecule has 2 aromatic carbocycles. The molecule has 0 spiro atoms. The number of rotatable bonds is 6. The maximum Gasteiger partial charge on any atom is 0.255 e. The Morgan fingerprint density at radius 1 is 1.32 bits per heavy atom. The molecule has 1 atom stereocenters. The zero-order chi connectivity index (χ0) is 22.1. The van der Waals surface area contributed by atoms with Crippen molar-refractivity contribution >= 4 is 5.91 Å². The average Bonchev–Trinajstić information content (AvgIpc) is 3.27. The van der Waals surface area contributed by atoms with Crippen molar-refractivity contribution in [1.29, 1.82) is 0 Å². The first-order chi connectivity index (χ1) is 14.9. The molecule has 1 N–H and O–H groups in total. The van der Waals surface area contributed by atoms with Crippen LogP contribution in [0.1, 0.15) is 35.3 Å². The number of nitrogens with one attached hydrogen (secondary N) is 1. The molecule has 0 aliphatic carbocycles. The molecule has 0 saturated heterocycles. The van der Waals surface area contributed by atoms with Crippen molar-refractivity contribution in [2.24, 2.45) is 7.05 Å². The minimum atomic E-state index is -0.781. The van der Waals surface area contributed by atoms with E-state index in [-0.39, 0.29) is 29.5 Å². The van der Waals surface area contributed by atoms with E-state index in [2.05, 4.69) is 10.4 Å². The van der Waals surface area contributed by atoms with Crippen LogP contribution in [-0.2, 0) is 20.0 Å². The van der Waals surface area contributed by atoms with Gasteiger partial charge in [0.05, 0.1) is 12.2 Å². The van der Waals surface area contributed by atoms with E-state index in [1.165, 1.54) is 16.9 Å². The molecular formula is C23H23F2N3O3. The fourth-order valence-electron chi connectivity index (χ4n) is 3.72. The summed E-state index contributed by atoms with van der Waals surface area (Å²) in [5, 5.41) is 7.05. The van der Waals surface area contributed by atoms with E-state index < -0.39 is 17.5 Å². The molecule has 162 valence electrons. The molecule has 1 unspecified atom stereocenters. The number of halogens is 2. The Morgan fingerprint density at radius 3 is 2.87 bits per heavy atom. The number of benzene rings is 2. The highest BCUT2D eigenvalue weighted by molar-refractivity contribution is 5.99. The summed E-state index contributed by atoms with van der Waals surface area (Å²) in [4.78, 5) is 12.9. The molecule has 1 aliphatic heterocycles. The average molecular weight is 427 g/mol. The molecule has 31 heavy (non-hydrogen) atoms. The Balaban J connectivity index is 1.59. The maximum atomic E-state index is 14.3. The molecule has 0 bridgehead atoms. The summed E-state index contributed by atoms with van der Waals surface area (Å²) in [6.45, 7) is 4.58. The second kappa shape index (κ2) is 8.37. The smallest absolute Gasteiger partial charge is 0.255 e. The van der Waals surface area contributed by atoms with E-state index in [0.29, 0.717) is 12.4 Å². The van der Waals surface area contributed by atoms with Crippen LogP contribution in [0.25, 0.3) is 11.3 Å². The number of aromatic nitrogens is 2. The van der Waals surface area contributed by atoms with Gasteiger partial charge in [0.1, 0.15) is 34.9 Å². The van der Waals surface area contributed by atoms with Gasteiger partial charge in [-0.15, -0.1) is 0 Å². The van der Waals surface area contributed by atoms with Gasteiger partial charge in [0.25, 0.3) is 5.91 Å². The number of aryl methyl sites for hydroxylation is 1. The lowest BCUT2D eigenvalue weighted by Crippen LogP contribution is -2.23. The quantitative estimate of drug-likeness (QED) is 0.646. The van der Waals surface area contributed by atoms with Gasteiger partial charge < -0.3 is 14.8 Å². The molecular weight excluding hydrogens is 404 g/mol. The third-order valence-corrected chi connectivity index (χ3v) is 5.08. The number of nitrogens with zero attached hydrogens (tertiary/aromatic N) is 2. The number of amides is 1. The lowest BCUT2D eigenvalue weighted by molar-refractivity contribution is 0.0951. The van der Waals surface area contributed by atoms with Crippen molar-refractivity contribution < 1.29 is 23.0 Å². The van der Waals surface area contributed by atoms with Gasteiger partial charge >= 0.3 is 0 Å². The Hall–Kier alpha value is -3.42. The van der Waals surface area contributed by atoms with E-state index in [9.17, 15) is 13.6 Å². The van der Waals surface area contributed by atoms with E-state index in [4.69, 9.17) is 9.47 Å². The highest BCUT2D eigenvalue weighted by Gasteiger charge is 2.23. The summed E-state index contributed by atoms with van der Waals surface area (Å²) < 4.78 is 40.6. The first-order valence-electron chi connectivity index (χ1n) is 10.1. The van der Waals surface area contributed by atoms with Gasteiger partial charge in [-0.25, -0.2) is 8.78 Å². The van der Waals surface area contributed by atoms with Gasteiger partial charge in [0.15, 0.2) is 0 Å². The maximum absolute atomic E-state index is 14.3. The highest BCUT2D eigenvalue weighted by Crippen LogP contribution is 2.35. The van der Waals surface area contributed by atoms with Crippen molar-refractivity contribution in [3.05, 3.63) is 64.9 Å². The summed E-state index contributed by atoms with van der Waals surface area (Å²) in [6.07, 6.45) is 2.41. The molecule has 4 rings (SSSR count). The summed E-state index contributed by atoms with van der Waals surface area (Å²) in [7, 11) is 1.63. The van der Waals surface area contributed by atoms with Gasteiger partial charge in [0, 0.05) is 49.0 Å². The van der Waals surface area contributed by atoms with Gasteiger partial charge in [-0.2, -0.15) is 5.10 Å². The Labute approximate surface area is 178 Å².